The van der Waals surface area contributed by atoms with Gasteiger partial charge in [0.05, 0.1) is 0 Å². The van der Waals surface area contributed by atoms with Crippen LogP contribution in [0.2, 0.25) is 0 Å². The fourth-order valence-corrected chi connectivity index (χ4v) is 5.14. The smallest absolute Gasteiger partial charge is 0.282 e. The second-order valence-electron chi connectivity index (χ2n) is 6.18. The monoisotopic (exact) mass is 303 g/mol. The maximum atomic E-state index is 12.9. The third kappa shape index (κ3) is 3.72. The summed E-state index contributed by atoms with van der Waals surface area (Å²) >= 11 is 0. The molecular weight excluding hydrogens is 274 g/mol. The number of nitrogens with one attached hydrogen (secondary N) is 1. The van der Waals surface area contributed by atoms with Gasteiger partial charge >= 0.3 is 0 Å². The summed E-state index contributed by atoms with van der Waals surface area (Å²) < 4.78 is 29.3. The lowest BCUT2D eigenvalue weighted by atomic mass is 10.0. The molecule has 0 amide bonds. The van der Waals surface area contributed by atoms with Crippen molar-refractivity contribution in [3.05, 3.63) is 0 Å². The first-order valence-electron chi connectivity index (χ1n) is 8.03. The Balaban J connectivity index is 2.09. The van der Waals surface area contributed by atoms with E-state index in [1.807, 2.05) is 0 Å². The molecule has 118 valence electrons. The van der Waals surface area contributed by atoms with Crippen molar-refractivity contribution in [1.82, 2.24) is 13.9 Å². The number of hydrogen-bond acceptors (Lipinski definition) is 3. The first kappa shape index (κ1) is 16.2. The van der Waals surface area contributed by atoms with Crippen LogP contribution in [0.5, 0.6) is 0 Å². The molecule has 0 bridgehead atoms. The summed E-state index contributed by atoms with van der Waals surface area (Å²) in [6.07, 6.45) is 4.73. The van der Waals surface area contributed by atoms with E-state index in [1.54, 1.807) is 8.61 Å². The van der Waals surface area contributed by atoms with Gasteiger partial charge in [0.25, 0.3) is 10.2 Å². The van der Waals surface area contributed by atoms with Crippen LogP contribution in [0, 0.1) is 5.92 Å². The third-order valence-electron chi connectivity index (χ3n) is 4.53. The molecule has 0 spiro atoms. The number of piperidine rings is 2. The number of nitrogens with zero attached hydrogens (tertiary/aromatic N) is 2. The summed E-state index contributed by atoms with van der Waals surface area (Å²) in [6, 6.07) is 0.181. The molecule has 0 aromatic carbocycles. The molecule has 0 saturated carbocycles. The van der Waals surface area contributed by atoms with Gasteiger partial charge in [-0.3, -0.25) is 0 Å². The number of rotatable bonds is 5. The van der Waals surface area contributed by atoms with E-state index in [1.165, 1.54) is 0 Å². The molecule has 6 heteroatoms. The Morgan fingerprint density at radius 1 is 1.15 bits per heavy atom. The largest absolute Gasteiger partial charge is 0.317 e. The Morgan fingerprint density at radius 2 is 1.75 bits per heavy atom. The van der Waals surface area contributed by atoms with Crippen molar-refractivity contribution in [2.45, 2.75) is 52.0 Å². The zero-order chi connectivity index (χ0) is 14.6. The Morgan fingerprint density at radius 3 is 2.30 bits per heavy atom. The van der Waals surface area contributed by atoms with Crippen LogP contribution in [0.25, 0.3) is 0 Å². The van der Waals surface area contributed by atoms with Gasteiger partial charge in [-0.2, -0.15) is 17.0 Å². The lowest BCUT2D eigenvalue weighted by molar-refractivity contribution is 0.221. The molecule has 0 atom stereocenters. The first-order chi connectivity index (χ1) is 9.55. The Hall–Kier alpha value is -0.170. The zero-order valence-corrected chi connectivity index (χ0v) is 13.7. The standard InChI is InChI=1S/C14H29N3O2S/c1-3-10-17(14-4-8-15-9-5-14)20(18,19)16-11-6-13(2)7-12-16/h13-15H,3-12H2,1-2H3. The second kappa shape index (κ2) is 7.20. The summed E-state index contributed by atoms with van der Waals surface area (Å²) in [6.45, 7) is 8.15. The van der Waals surface area contributed by atoms with Gasteiger partial charge in [-0.25, -0.2) is 0 Å². The molecule has 2 aliphatic heterocycles. The molecule has 2 aliphatic rings. The molecule has 1 N–H and O–H groups in total. The highest BCUT2D eigenvalue weighted by Gasteiger charge is 2.36. The predicted molar refractivity (Wildman–Crippen MR) is 81.8 cm³/mol. The van der Waals surface area contributed by atoms with E-state index in [0.717, 1.165) is 45.2 Å². The van der Waals surface area contributed by atoms with E-state index in [0.29, 0.717) is 25.6 Å². The van der Waals surface area contributed by atoms with Crippen LogP contribution < -0.4 is 5.32 Å². The van der Waals surface area contributed by atoms with Crippen LogP contribution in [-0.2, 0) is 10.2 Å². The minimum atomic E-state index is -3.27. The van der Waals surface area contributed by atoms with Crippen LogP contribution in [-0.4, -0.2) is 55.8 Å². The molecule has 20 heavy (non-hydrogen) atoms. The maximum absolute atomic E-state index is 12.9. The lowest BCUT2D eigenvalue weighted by Crippen LogP contribution is -2.53. The van der Waals surface area contributed by atoms with Crippen LogP contribution in [0.3, 0.4) is 0 Å². The van der Waals surface area contributed by atoms with E-state index in [9.17, 15) is 8.42 Å². The fraction of sp³-hybridized carbons (Fsp3) is 1.00. The first-order valence-corrected chi connectivity index (χ1v) is 9.43. The average Bonchev–Trinajstić information content (AvgIpc) is 2.46. The lowest BCUT2D eigenvalue weighted by Gasteiger charge is -2.39. The molecule has 2 saturated heterocycles. The van der Waals surface area contributed by atoms with E-state index >= 15 is 0 Å². The quantitative estimate of drug-likeness (QED) is 0.836. The van der Waals surface area contributed by atoms with Gasteiger partial charge in [-0.1, -0.05) is 13.8 Å². The Labute approximate surface area is 123 Å². The summed E-state index contributed by atoms with van der Waals surface area (Å²) in [5.74, 6) is 0.653. The maximum Gasteiger partial charge on any atom is 0.282 e. The highest BCUT2D eigenvalue weighted by Crippen LogP contribution is 2.24. The van der Waals surface area contributed by atoms with E-state index < -0.39 is 10.2 Å². The molecule has 2 heterocycles. The molecule has 0 aliphatic carbocycles. The second-order valence-corrected chi connectivity index (χ2v) is 8.06. The predicted octanol–water partition coefficient (Wildman–Crippen LogP) is 1.43. The van der Waals surface area contributed by atoms with Gasteiger partial charge in [-0.05, 0) is 51.1 Å². The Bertz CT molecular complexity index is 385. The Kier molecular flexibility index (Phi) is 5.84. The SMILES string of the molecule is CCCN(C1CCNCC1)S(=O)(=O)N1CCC(C)CC1. The average molecular weight is 303 g/mol. The van der Waals surface area contributed by atoms with Crippen molar-refractivity contribution < 1.29 is 8.42 Å². The summed E-state index contributed by atoms with van der Waals surface area (Å²) in [5, 5.41) is 3.31. The van der Waals surface area contributed by atoms with E-state index in [4.69, 9.17) is 0 Å². The normalized spacial score (nSPS) is 24.4. The van der Waals surface area contributed by atoms with Crippen molar-refractivity contribution in [2.24, 2.45) is 5.92 Å². The van der Waals surface area contributed by atoms with Crippen molar-refractivity contribution in [3.63, 3.8) is 0 Å². The minimum absolute atomic E-state index is 0.181. The third-order valence-corrected chi connectivity index (χ3v) is 6.62. The van der Waals surface area contributed by atoms with Gasteiger partial charge in [-0.15, -0.1) is 0 Å². The van der Waals surface area contributed by atoms with E-state index in [2.05, 4.69) is 19.2 Å². The minimum Gasteiger partial charge on any atom is -0.317 e. The van der Waals surface area contributed by atoms with Crippen LogP contribution in [0.15, 0.2) is 0 Å². The van der Waals surface area contributed by atoms with Crippen molar-refractivity contribution in [3.8, 4) is 0 Å². The van der Waals surface area contributed by atoms with Crippen molar-refractivity contribution in [2.75, 3.05) is 32.7 Å². The molecule has 5 nitrogen and oxygen atoms in total. The van der Waals surface area contributed by atoms with Crippen LogP contribution in [0.1, 0.15) is 46.0 Å². The molecule has 2 rings (SSSR count). The number of hydrogen-bond donors (Lipinski definition) is 1. The highest BCUT2D eigenvalue weighted by atomic mass is 32.2. The fourth-order valence-electron chi connectivity index (χ4n) is 3.17. The van der Waals surface area contributed by atoms with Crippen molar-refractivity contribution in [1.29, 1.82) is 0 Å². The molecule has 2 fully saturated rings. The topological polar surface area (TPSA) is 52.7 Å². The summed E-state index contributed by atoms with van der Waals surface area (Å²) in [7, 11) is -3.27. The van der Waals surface area contributed by atoms with Gasteiger partial charge in [0.1, 0.15) is 0 Å². The van der Waals surface area contributed by atoms with Crippen molar-refractivity contribution >= 4 is 10.2 Å². The van der Waals surface area contributed by atoms with Gasteiger partial charge in [0.2, 0.25) is 0 Å². The van der Waals surface area contributed by atoms with Gasteiger partial charge in [0, 0.05) is 25.7 Å². The molecule has 0 aromatic rings. The van der Waals surface area contributed by atoms with Gasteiger partial charge in [0.15, 0.2) is 0 Å². The zero-order valence-electron chi connectivity index (χ0n) is 12.8. The van der Waals surface area contributed by atoms with Gasteiger partial charge < -0.3 is 5.32 Å². The molecule has 0 radical (unpaired) electrons. The molecule has 0 unspecified atom stereocenters. The molecule has 0 aromatic heterocycles. The van der Waals surface area contributed by atoms with Crippen LogP contribution in [0.4, 0.5) is 0 Å². The summed E-state index contributed by atoms with van der Waals surface area (Å²) in [5.41, 5.74) is 0. The molecular formula is C14H29N3O2S. The highest BCUT2D eigenvalue weighted by molar-refractivity contribution is 7.86. The van der Waals surface area contributed by atoms with Crippen LogP contribution >= 0.6 is 0 Å². The van der Waals surface area contributed by atoms with E-state index in [-0.39, 0.29) is 6.04 Å². The summed E-state index contributed by atoms with van der Waals surface area (Å²) in [4.78, 5) is 0.